The normalized spacial score (nSPS) is 14.0. The number of carbonyl (C=O) groups is 2. The third kappa shape index (κ3) is 6.10. The molecule has 0 aliphatic carbocycles. The first kappa shape index (κ1) is 23.3. The number of nitrogens with one attached hydrogen (secondary N) is 2. The molecule has 0 atom stereocenters. The van der Waals surface area contributed by atoms with Crippen molar-refractivity contribution < 1.29 is 23.5 Å². The Hall–Kier alpha value is -3.33. The summed E-state index contributed by atoms with van der Waals surface area (Å²) in [6.45, 7) is 4.33. The highest BCUT2D eigenvalue weighted by atomic mass is 19.1. The summed E-state index contributed by atoms with van der Waals surface area (Å²) >= 11 is 0. The summed E-state index contributed by atoms with van der Waals surface area (Å²) < 4.78 is 24.3. The molecule has 2 aromatic rings. The van der Waals surface area contributed by atoms with E-state index in [0.717, 1.165) is 39.1 Å². The second-order valence-electron chi connectivity index (χ2n) is 7.41. The van der Waals surface area contributed by atoms with Gasteiger partial charge in [0, 0.05) is 44.5 Å². The molecule has 0 saturated carbocycles. The fraction of sp³-hybridized carbons (Fsp3) is 0.391. The van der Waals surface area contributed by atoms with Gasteiger partial charge >= 0.3 is 11.8 Å². The van der Waals surface area contributed by atoms with E-state index in [1.54, 1.807) is 30.3 Å². The maximum atomic E-state index is 13.9. The zero-order valence-corrected chi connectivity index (χ0v) is 18.4. The van der Waals surface area contributed by atoms with Crippen molar-refractivity contribution in [3.05, 3.63) is 48.3 Å². The first-order valence-corrected chi connectivity index (χ1v) is 10.5. The smallest absolute Gasteiger partial charge is 0.313 e. The molecule has 8 nitrogen and oxygen atoms in total. The Kier molecular flexibility index (Phi) is 8.27. The van der Waals surface area contributed by atoms with E-state index in [1.165, 1.54) is 20.3 Å². The van der Waals surface area contributed by atoms with Crippen LogP contribution in [0.15, 0.2) is 42.5 Å². The summed E-state index contributed by atoms with van der Waals surface area (Å²) in [5, 5.41) is 5.19. The highest BCUT2D eigenvalue weighted by Crippen LogP contribution is 2.29. The number of benzene rings is 2. The van der Waals surface area contributed by atoms with E-state index in [-0.39, 0.29) is 5.82 Å². The number of amides is 2. The Bertz CT molecular complexity index is 932. The van der Waals surface area contributed by atoms with Crippen molar-refractivity contribution in [1.29, 1.82) is 0 Å². The molecule has 9 heteroatoms. The van der Waals surface area contributed by atoms with Gasteiger partial charge in [0.05, 0.1) is 19.9 Å². The number of anilines is 2. The van der Waals surface area contributed by atoms with Crippen LogP contribution in [0.4, 0.5) is 15.8 Å². The highest BCUT2D eigenvalue weighted by Gasteiger charge is 2.19. The van der Waals surface area contributed by atoms with E-state index in [4.69, 9.17) is 9.47 Å². The number of methoxy groups -OCH3 is 2. The molecule has 0 aromatic heterocycles. The summed E-state index contributed by atoms with van der Waals surface area (Å²) in [5.41, 5.74) is 1.08. The Morgan fingerprint density at radius 1 is 0.969 bits per heavy atom. The van der Waals surface area contributed by atoms with Gasteiger partial charge in [-0.15, -0.1) is 0 Å². The molecule has 2 N–H and O–H groups in total. The van der Waals surface area contributed by atoms with E-state index in [0.29, 0.717) is 29.4 Å². The molecule has 32 heavy (non-hydrogen) atoms. The second kappa shape index (κ2) is 11.3. The van der Waals surface area contributed by atoms with Crippen LogP contribution in [0.3, 0.4) is 0 Å². The molecule has 172 valence electrons. The molecule has 1 aliphatic heterocycles. The Morgan fingerprint density at radius 3 is 2.38 bits per heavy atom. The number of rotatable bonds is 8. The zero-order chi connectivity index (χ0) is 22.9. The van der Waals surface area contributed by atoms with Gasteiger partial charge in [-0.2, -0.15) is 0 Å². The maximum Gasteiger partial charge on any atom is 0.313 e. The number of ether oxygens (including phenoxy) is 2. The molecule has 0 radical (unpaired) electrons. The van der Waals surface area contributed by atoms with Crippen LogP contribution >= 0.6 is 0 Å². The minimum Gasteiger partial charge on any atom is -0.493 e. The topological polar surface area (TPSA) is 83.1 Å². The minimum absolute atomic E-state index is 0.199. The van der Waals surface area contributed by atoms with Crippen molar-refractivity contribution in [2.24, 2.45) is 0 Å². The van der Waals surface area contributed by atoms with Crippen molar-refractivity contribution in [2.45, 2.75) is 6.42 Å². The fourth-order valence-corrected chi connectivity index (χ4v) is 3.61. The van der Waals surface area contributed by atoms with Gasteiger partial charge in [0.15, 0.2) is 11.5 Å². The van der Waals surface area contributed by atoms with Crippen molar-refractivity contribution in [2.75, 3.05) is 63.7 Å². The van der Waals surface area contributed by atoms with Crippen LogP contribution < -0.4 is 25.0 Å². The Morgan fingerprint density at radius 2 is 1.69 bits per heavy atom. The molecule has 1 heterocycles. The van der Waals surface area contributed by atoms with Gasteiger partial charge in [-0.1, -0.05) is 12.1 Å². The number of hydrogen-bond acceptors (Lipinski definition) is 6. The molecule has 1 fully saturated rings. The molecule has 0 bridgehead atoms. The van der Waals surface area contributed by atoms with Crippen molar-refractivity contribution in [3.63, 3.8) is 0 Å². The summed E-state index contributed by atoms with van der Waals surface area (Å²) in [6.07, 6.45) is 0.717. The minimum atomic E-state index is -0.740. The van der Waals surface area contributed by atoms with Crippen LogP contribution in [0.1, 0.15) is 6.42 Å². The molecule has 1 saturated heterocycles. The predicted molar refractivity (Wildman–Crippen MR) is 121 cm³/mol. The number of hydrogen-bond donors (Lipinski definition) is 2. The average Bonchev–Trinajstić information content (AvgIpc) is 2.82. The van der Waals surface area contributed by atoms with Gasteiger partial charge in [0.2, 0.25) is 0 Å². The van der Waals surface area contributed by atoms with E-state index < -0.39 is 11.8 Å². The molecule has 2 amide bonds. The van der Waals surface area contributed by atoms with Gasteiger partial charge in [-0.3, -0.25) is 14.5 Å². The average molecular weight is 445 g/mol. The van der Waals surface area contributed by atoms with Gasteiger partial charge < -0.3 is 25.0 Å². The Labute approximate surface area is 187 Å². The SMILES string of the molecule is COc1ccc(NC(=O)C(=O)NCCCN2CCN(c3ccccc3F)CC2)cc1OC. The van der Waals surface area contributed by atoms with Crippen LogP contribution in [0.2, 0.25) is 0 Å². The maximum absolute atomic E-state index is 13.9. The molecule has 2 aromatic carbocycles. The highest BCUT2D eigenvalue weighted by molar-refractivity contribution is 6.39. The van der Waals surface area contributed by atoms with Crippen molar-refractivity contribution >= 4 is 23.2 Å². The number of halogens is 1. The zero-order valence-electron chi connectivity index (χ0n) is 18.4. The number of para-hydroxylation sites is 1. The van der Waals surface area contributed by atoms with E-state index in [2.05, 4.69) is 15.5 Å². The fourth-order valence-electron chi connectivity index (χ4n) is 3.61. The lowest BCUT2D eigenvalue weighted by molar-refractivity contribution is -0.136. The third-order valence-electron chi connectivity index (χ3n) is 5.35. The largest absolute Gasteiger partial charge is 0.493 e. The second-order valence-corrected chi connectivity index (χ2v) is 7.41. The number of nitrogens with zero attached hydrogens (tertiary/aromatic N) is 2. The van der Waals surface area contributed by atoms with Gasteiger partial charge in [0.25, 0.3) is 0 Å². The number of carbonyl (C=O) groups excluding carboxylic acids is 2. The van der Waals surface area contributed by atoms with Crippen molar-refractivity contribution in [1.82, 2.24) is 10.2 Å². The predicted octanol–water partition coefficient (Wildman–Crippen LogP) is 2.11. The summed E-state index contributed by atoms with van der Waals surface area (Å²) in [7, 11) is 3.02. The molecular weight excluding hydrogens is 415 g/mol. The van der Waals surface area contributed by atoms with Crippen LogP contribution in [0, 0.1) is 5.82 Å². The lowest BCUT2D eigenvalue weighted by Gasteiger charge is -2.36. The van der Waals surface area contributed by atoms with Crippen LogP contribution in [-0.4, -0.2) is 70.2 Å². The summed E-state index contributed by atoms with van der Waals surface area (Å²) in [6, 6.07) is 11.7. The lowest BCUT2D eigenvalue weighted by Crippen LogP contribution is -2.47. The first-order chi connectivity index (χ1) is 15.5. The third-order valence-corrected chi connectivity index (χ3v) is 5.35. The summed E-state index contributed by atoms with van der Waals surface area (Å²) in [4.78, 5) is 28.5. The standard InChI is InChI=1S/C23H29FN4O4/c1-31-20-9-8-17(16-21(20)32-2)26-23(30)22(29)25-10-5-11-27-12-14-28(15-13-27)19-7-4-3-6-18(19)24/h3-4,6-9,16H,5,10-15H2,1-2H3,(H,25,29)(H,26,30). The van der Waals surface area contributed by atoms with Gasteiger partial charge in [0.1, 0.15) is 5.82 Å². The number of piperazine rings is 1. The van der Waals surface area contributed by atoms with E-state index in [1.807, 2.05) is 11.0 Å². The molecule has 3 rings (SSSR count). The van der Waals surface area contributed by atoms with Crippen LogP contribution in [0.5, 0.6) is 11.5 Å². The monoisotopic (exact) mass is 444 g/mol. The van der Waals surface area contributed by atoms with Gasteiger partial charge in [-0.05, 0) is 37.2 Å². The molecule has 0 unspecified atom stereocenters. The van der Waals surface area contributed by atoms with Crippen molar-refractivity contribution in [3.8, 4) is 11.5 Å². The van der Waals surface area contributed by atoms with Crippen LogP contribution in [0.25, 0.3) is 0 Å². The van der Waals surface area contributed by atoms with E-state index in [9.17, 15) is 14.0 Å². The molecule has 1 aliphatic rings. The first-order valence-electron chi connectivity index (χ1n) is 10.5. The quantitative estimate of drug-likeness (QED) is 0.479. The van der Waals surface area contributed by atoms with E-state index >= 15 is 0 Å². The summed E-state index contributed by atoms with van der Waals surface area (Å²) in [5.74, 6) is -0.639. The Balaban J connectivity index is 1.35. The van der Waals surface area contributed by atoms with Crippen LogP contribution in [-0.2, 0) is 9.59 Å². The molecule has 0 spiro atoms. The lowest BCUT2D eigenvalue weighted by atomic mass is 10.2. The van der Waals surface area contributed by atoms with Gasteiger partial charge in [-0.25, -0.2) is 4.39 Å². The molecular formula is C23H29FN4O4.